The predicted molar refractivity (Wildman–Crippen MR) is 97.1 cm³/mol. The lowest BCUT2D eigenvalue weighted by molar-refractivity contribution is -0.113. The van der Waals surface area contributed by atoms with E-state index in [1.54, 1.807) is 16.7 Å². The number of hydrogen-bond acceptors (Lipinski definition) is 4. The van der Waals surface area contributed by atoms with E-state index in [9.17, 15) is 9.18 Å². The van der Waals surface area contributed by atoms with E-state index in [1.807, 2.05) is 12.1 Å². The second-order valence-electron chi connectivity index (χ2n) is 4.92. The number of aromatic nitrogens is 3. The van der Waals surface area contributed by atoms with E-state index in [4.69, 9.17) is 23.2 Å². The topological polar surface area (TPSA) is 59.8 Å². The molecule has 1 heterocycles. The van der Waals surface area contributed by atoms with Gasteiger partial charge in [-0.2, -0.15) is 0 Å². The first-order valence-electron chi connectivity index (χ1n) is 7.06. The maximum absolute atomic E-state index is 13.7. The Bertz CT molecular complexity index is 919. The van der Waals surface area contributed by atoms with Gasteiger partial charge >= 0.3 is 0 Å². The van der Waals surface area contributed by atoms with E-state index < -0.39 is 5.82 Å². The van der Waals surface area contributed by atoms with E-state index >= 15 is 0 Å². The Balaban J connectivity index is 1.66. The van der Waals surface area contributed by atoms with E-state index in [0.717, 1.165) is 11.8 Å². The number of thioether (sulfide) groups is 1. The third-order valence-corrected chi connectivity index (χ3v) is 4.55. The van der Waals surface area contributed by atoms with Crippen LogP contribution in [0.1, 0.15) is 0 Å². The van der Waals surface area contributed by atoms with Crippen molar-refractivity contribution in [3.63, 3.8) is 0 Å². The van der Waals surface area contributed by atoms with Crippen LogP contribution in [0, 0.1) is 5.82 Å². The molecule has 25 heavy (non-hydrogen) atoms. The van der Waals surface area contributed by atoms with Gasteiger partial charge in [-0.25, -0.2) is 4.39 Å². The smallest absolute Gasteiger partial charge is 0.234 e. The summed E-state index contributed by atoms with van der Waals surface area (Å²) in [5.74, 6) is -0.916. The maximum atomic E-state index is 13.7. The number of carbonyl (C=O) groups is 1. The summed E-state index contributed by atoms with van der Waals surface area (Å²) in [5, 5.41) is 11.7. The van der Waals surface area contributed by atoms with Gasteiger partial charge in [-0.3, -0.25) is 9.36 Å². The first-order chi connectivity index (χ1) is 12.0. The minimum absolute atomic E-state index is 0.0430. The Morgan fingerprint density at radius 1 is 1.20 bits per heavy atom. The van der Waals surface area contributed by atoms with Gasteiger partial charge in [-0.15, -0.1) is 10.2 Å². The molecule has 0 aliphatic rings. The molecule has 9 heteroatoms. The number of halogens is 3. The highest BCUT2D eigenvalue weighted by Gasteiger charge is 2.12. The zero-order chi connectivity index (χ0) is 17.8. The second-order valence-corrected chi connectivity index (χ2v) is 6.74. The number of benzene rings is 2. The molecule has 128 valence electrons. The standard InChI is InChI=1S/C16H11Cl2FN4OS/c17-10-2-1-3-12(6-10)23-9-20-22-16(23)25-8-15(24)21-14-5-4-11(18)7-13(14)19/h1-7,9H,8H2,(H,21,24). The van der Waals surface area contributed by atoms with Crippen molar-refractivity contribution in [1.82, 2.24) is 14.8 Å². The number of rotatable bonds is 5. The van der Waals surface area contributed by atoms with Crippen molar-refractivity contribution in [3.8, 4) is 5.69 Å². The molecule has 2 aromatic carbocycles. The highest BCUT2D eigenvalue weighted by atomic mass is 35.5. The molecule has 1 N–H and O–H groups in total. The lowest BCUT2D eigenvalue weighted by Crippen LogP contribution is -2.15. The maximum Gasteiger partial charge on any atom is 0.234 e. The third kappa shape index (κ3) is 4.50. The molecule has 0 fully saturated rings. The lowest BCUT2D eigenvalue weighted by Gasteiger charge is -2.08. The number of anilines is 1. The van der Waals surface area contributed by atoms with Crippen LogP contribution >= 0.6 is 35.0 Å². The summed E-state index contributed by atoms with van der Waals surface area (Å²) in [6, 6.07) is 11.2. The van der Waals surface area contributed by atoms with Crippen LogP contribution in [-0.4, -0.2) is 26.4 Å². The Labute approximate surface area is 157 Å². The zero-order valence-electron chi connectivity index (χ0n) is 12.6. The van der Waals surface area contributed by atoms with E-state index in [0.29, 0.717) is 10.2 Å². The summed E-state index contributed by atoms with van der Waals surface area (Å²) in [6.45, 7) is 0. The molecule has 0 saturated carbocycles. The highest BCUT2D eigenvalue weighted by Crippen LogP contribution is 2.23. The second kappa shape index (κ2) is 7.86. The molecule has 0 spiro atoms. The molecule has 0 radical (unpaired) electrons. The van der Waals surface area contributed by atoms with Gasteiger partial charge in [-0.1, -0.05) is 41.0 Å². The Hall–Kier alpha value is -2.09. The molecule has 3 rings (SSSR count). The van der Waals surface area contributed by atoms with Crippen LogP contribution in [-0.2, 0) is 4.79 Å². The molecule has 1 amide bonds. The third-order valence-electron chi connectivity index (χ3n) is 3.14. The predicted octanol–water partition coefficient (Wildman–Crippen LogP) is 4.44. The van der Waals surface area contributed by atoms with Crippen molar-refractivity contribution >= 4 is 46.6 Å². The summed E-state index contributed by atoms with van der Waals surface area (Å²) in [6.07, 6.45) is 1.53. The van der Waals surface area contributed by atoms with Gasteiger partial charge in [0.25, 0.3) is 0 Å². The van der Waals surface area contributed by atoms with Crippen molar-refractivity contribution in [3.05, 3.63) is 64.7 Å². The quantitative estimate of drug-likeness (QED) is 0.647. The van der Waals surface area contributed by atoms with Crippen LogP contribution in [0.3, 0.4) is 0 Å². The number of amides is 1. The van der Waals surface area contributed by atoms with Crippen molar-refractivity contribution in [2.75, 3.05) is 11.1 Å². The molecule has 0 saturated heterocycles. The van der Waals surface area contributed by atoms with Crippen molar-refractivity contribution in [2.24, 2.45) is 0 Å². The number of nitrogens with zero attached hydrogens (tertiary/aromatic N) is 3. The van der Waals surface area contributed by atoms with Crippen LogP contribution in [0.4, 0.5) is 10.1 Å². The summed E-state index contributed by atoms with van der Waals surface area (Å²) >= 11 is 12.8. The molecule has 1 aromatic heterocycles. The van der Waals surface area contributed by atoms with Crippen molar-refractivity contribution < 1.29 is 9.18 Å². The fourth-order valence-corrected chi connectivity index (χ4v) is 3.11. The monoisotopic (exact) mass is 396 g/mol. The Morgan fingerprint density at radius 2 is 2.00 bits per heavy atom. The van der Waals surface area contributed by atoms with Gasteiger partial charge in [-0.05, 0) is 36.4 Å². The summed E-state index contributed by atoms with van der Waals surface area (Å²) in [7, 11) is 0. The normalized spacial score (nSPS) is 10.7. The Kier molecular flexibility index (Phi) is 5.57. The van der Waals surface area contributed by atoms with Crippen LogP contribution in [0.15, 0.2) is 53.9 Å². The number of hydrogen-bond donors (Lipinski definition) is 1. The molecule has 0 aliphatic carbocycles. The summed E-state index contributed by atoms with van der Waals surface area (Å²) < 4.78 is 15.4. The van der Waals surface area contributed by atoms with Crippen LogP contribution in [0.5, 0.6) is 0 Å². The van der Waals surface area contributed by atoms with Gasteiger partial charge < -0.3 is 5.32 Å². The summed E-state index contributed by atoms with van der Waals surface area (Å²) in [5.41, 5.74) is 0.857. The van der Waals surface area contributed by atoms with Gasteiger partial charge in [0.1, 0.15) is 12.1 Å². The largest absolute Gasteiger partial charge is 0.323 e. The van der Waals surface area contributed by atoms with Gasteiger partial charge in [0.15, 0.2) is 5.16 Å². The van der Waals surface area contributed by atoms with E-state index in [-0.39, 0.29) is 22.4 Å². The average Bonchev–Trinajstić information content (AvgIpc) is 3.04. The molecule has 0 bridgehead atoms. The van der Waals surface area contributed by atoms with Crippen LogP contribution in [0.2, 0.25) is 10.0 Å². The SMILES string of the molecule is O=C(CSc1nncn1-c1cccc(Cl)c1)Nc1ccc(Cl)cc1F. The molecule has 0 unspecified atom stereocenters. The van der Waals surface area contributed by atoms with Gasteiger partial charge in [0, 0.05) is 10.0 Å². The van der Waals surface area contributed by atoms with Crippen molar-refractivity contribution in [2.45, 2.75) is 5.16 Å². The van der Waals surface area contributed by atoms with E-state index in [2.05, 4.69) is 15.5 Å². The van der Waals surface area contributed by atoms with Crippen molar-refractivity contribution in [1.29, 1.82) is 0 Å². The molecule has 5 nitrogen and oxygen atoms in total. The average molecular weight is 397 g/mol. The van der Waals surface area contributed by atoms with Crippen LogP contribution in [0.25, 0.3) is 5.69 Å². The molecular weight excluding hydrogens is 386 g/mol. The lowest BCUT2D eigenvalue weighted by atomic mass is 10.3. The molecule has 3 aromatic rings. The minimum atomic E-state index is -0.590. The van der Waals surface area contributed by atoms with Gasteiger partial charge in [0.05, 0.1) is 17.1 Å². The highest BCUT2D eigenvalue weighted by molar-refractivity contribution is 7.99. The minimum Gasteiger partial charge on any atom is -0.323 e. The number of nitrogens with one attached hydrogen (secondary N) is 1. The molecular formula is C16H11Cl2FN4OS. The fourth-order valence-electron chi connectivity index (χ4n) is 2.03. The fraction of sp³-hybridized carbons (Fsp3) is 0.0625. The Morgan fingerprint density at radius 3 is 2.76 bits per heavy atom. The first-order valence-corrected chi connectivity index (χ1v) is 8.81. The summed E-state index contributed by atoms with van der Waals surface area (Å²) in [4.78, 5) is 12.0. The molecule has 0 aliphatic heterocycles. The zero-order valence-corrected chi connectivity index (χ0v) is 14.9. The van der Waals surface area contributed by atoms with Crippen LogP contribution < -0.4 is 5.32 Å². The van der Waals surface area contributed by atoms with Gasteiger partial charge in [0.2, 0.25) is 5.91 Å². The first kappa shape index (κ1) is 17.7. The molecule has 0 atom stereocenters. The number of carbonyl (C=O) groups excluding carboxylic acids is 1. The van der Waals surface area contributed by atoms with E-state index in [1.165, 1.54) is 30.2 Å².